The Morgan fingerprint density at radius 2 is 1.71 bits per heavy atom. The largest absolute Gasteiger partial charge is 0.392 e. The molecule has 1 aliphatic heterocycles. The number of esters is 2. The van der Waals surface area contributed by atoms with Crippen LogP contribution in [0.1, 0.15) is 37.8 Å². The maximum absolute atomic E-state index is 13.6. The van der Waals surface area contributed by atoms with Gasteiger partial charge in [0, 0.05) is 26.6 Å². The number of nitrogens with zero attached hydrogens (tertiary/aromatic N) is 1. The first kappa shape index (κ1) is 33.1. The highest BCUT2D eigenvalue weighted by Gasteiger charge is 2.33. The molecule has 3 atom stereocenters. The van der Waals surface area contributed by atoms with Crippen molar-refractivity contribution >= 4 is 50.5 Å². The van der Waals surface area contributed by atoms with Crippen molar-refractivity contribution in [3.05, 3.63) is 78.4 Å². The van der Waals surface area contributed by atoms with E-state index in [9.17, 15) is 27.6 Å². The molecule has 1 unspecified atom stereocenters. The summed E-state index contributed by atoms with van der Waals surface area (Å²) in [5.74, 6) is -3.62. The average molecular weight is 637 g/mol. The minimum Gasteiger partial charge on any atom is -0.392 e. The molecule has 4 rings (SSSR count). The van der Waals surface area contributed by atoms with Gasteiger partial charge in [0.25, 0.3) is 0 Å². The number of benzene rings is 3. The minimum absolute atomic E-state index is 0.00280. The smallest absolute Gasteiger partial charge is 0.340 e. The standard InChI is InChI=1S/C31H36N6O7S/c1-20(38)44-30(41)28(23-10-3-2-4-11-23)35-29(40)26(17-27(39)34-18-21-8-7-15-37(19-21)31(32)33)36-45(42,43)25-14-13-22-9-5-6-12-24(22)16-25/h2-6,9-14,16,21,26,28,36H,7-8,15,17-19H2,1H3,(H3,32,33)(H,34,39)(H,35,40)/t21-,26-,28?/m0/s1. The van der Waals surface area contributed by atoms with Crippen molar-refractivity contribution in [1.29, 1.82) is 5.41 Å². The van der Waals surface area contributed by atoms with Crippen molar-refractivity contribution in [2.45, 2.75) is 43.2 Å². The molecule has 1 fully saturated rings. The molecule has 3 aromatic carbocycles. The highest BCUT2D eigenvalue weighted by atomic mass is 32.2. The quantitative estimate of drug-likeness (QED) is 0.0896. The normalized spacial score (nSPS) is 16.3. The molecule has 0 bridgehead atoms. The molecule has 0 aromatic heterocycles. The van der Waals surface area contributed by atoms with Gasteiger partial charge in [0.1, 0.15) is 6.04 Å². The van der Waals surface area contributed by atoms with Gasteiger partial charge < -0.3 is 26.0 Å². The summed E-state index contributed by atoms with van der Waals surface area (Å²) in [6, 6.07) is 16.5. The number of rotatable bonds is 11. The number of carbonyl (C=O) groups is 4. The molecular weight excluding hydrogens is 600 g/mol. The molecule has 14 heteroatoms. The molecule has 238 valence electrons. The van der Waals surface area contributed by atoms with E-state index in [0.717, 1.165) is 25.2 Å². The second-order valence-electron chi connectivity index (χ2n) is 10.8. The number of hydrogen-bond acceptors (Lipinski definition) is 8. The summed E-state index contributed by atoms with van der Waals surface area (Å²) < 4.78 is 34.1. The number of ether oxygens (including phenoxy) is 1. The third-order valence-corrected chi connectivity index (χ3v) is 8.85. The van der Waals surface area contributed by atoms with Crippen molar-refractivity contribution < 1.29 is 32.3 Å². The number of nitrogens with one attached hydrogen (secondary N) is 4. The van der Waals surface area contributed by atoms with Gasteiger partial charge in [-0.2, -0.15) is 4.72 Å². The van der Waals surface area contributed by atoms with E-state index in [4.69, 9.17) is 15.9 Å². The number of carbonyl (C=O) groups excluding carboxylic acids is 4. The Bertz CT molecular complexity index is 1680. The Labute approximate surface area is 261 Å². The molecule has 1 saturated heterocycles. The van der Waals surface area contributed by atoms with Gasteiger partial charge in [-0.3, -0.25) is 19.8 Å². The zero-order valence-corrected chi connectivity index (χ0v) is 25.5. The fourth-order valence-corrected chi connectivity index (χ4v) is 6.34. The summed E-state index contributed by atoms with van der Waals surface area (Å²) in [6.45, 7) is 2.39. The van der Waals surface area contributed by atoms with Crippen LogP contribution in [-0.2, 0) is 33.9 Å². The van der Waals surface area contributed by atoms with Gasteiger partial charge >= 0.3 is 11.9 Å². The molecule has 0 spiro atoms. The van der Waals surface area contributed by atoms with Gasteiger partial charge in [0.2, 0.25) is 21.8 Å². The van der Waals surface area contributed by atoms with E-state index in [1.165, 1.54) is 24.3 Å². The monoisotopic (exact) mass is 636 g/mol. The first-order valence-electron chi connectivity index (χ1n) is 14.4. The van der Waals surface area contributed by atoms with E-state index in [-0.39, 0.29) is 28.9 Å². The lowest BCUT2D eigenvalue weighted by molar-refractivity contribution is -0.160. The van der Waals surface area contributed by atoms with E-state index in [1.54, 1.807) is 41.3 Å². The van der Waals surface area contributed by atoms with Gasteiger partial charge in [0.15, 0.2) is 12.0 Å². The number of sulfonamides is 1. The van der Waals surface area contributed by atoms with Crippen molar-refractivity contribution in [3.63, 3.8) is 0 Å². The van der Waals surface area contributed by atoms with Gasteiger partial charge in [-0.1, -0.05) is 60.7 Å². The number of hydrogen-bond donors (Lipinski definition) is 5. The third-order valence-electron chi connectivity index (χ3n) is 7.38. The number of piperidine rings is 1. The maximum Gasteiger partial charge on any atom is 0.340 e. The molecule has 2 amide bonds. The molecule has 6 N–H and O–H groups in total. The number of likely N-dealkylation sites (tertiary alicyclic amines) is 1. The number of nitrogens with two attached hydrogens (primary N) is 1. The minimum atomic E-state index is -4.34. The first-order valence-corrected chi connectivity index (χ1v) is 15.9. The van der Waals surface area contributed by atoms with Crippen LogP contribution in [0.25, 0.3) is 10.8 Å². The molecule has 3 aromatic rings. The van der Waals surface area contributed by atoms with E-state index in [1.807, 2.05) is 12.1 Å². The SMILES string of the molecule is CC(=O)OC(=O)C(NC(=O)[C@H](CC(=O)NC[C@@H]1CCCN(C(=N)N)C1)NS(=O)(=O)c1ccc2ccccc2c1)c1ccccc1. The highest BCUT2D eigenvalue weighted by Crippen LogP contribution is 2.21. The van der Waals surface area contributed by atoms with Crippen molar-refractivity contribution in [2.75, 3.05) is 19.6 Å². The van der Waals surface area contributed by atoms with E-state index < -0.39 is 52.3 Å². The first-order chi connectivity index (χ1) is 21.4. The van der Waals surface area contributed by atoms with Crippen molar-refractivity contribution in [1.82, 2.24) is 20.3 Å². The summed E-state index contributed by atoms with van der Waals surface area (Å²) in [5.41, 5.74) is 5.89. The molecule has 13 nitrogen and oxygen atoms in total. The van der Waals surface area contributed by atoms with E-state index in [0.29, 0.717) is 18.5 Å². The van der Waals surface area contributed by atoms with Crippen LogP contribution in [0.4, 0.5) is 0 Å². The van der Waals surface area contributed by atoms with E-state index in [2.05, 4.69) is 15.4 Å². The summed E-state index contributed by atoms with van der Waals surface area (Å²) in [5, 5.41) is 14.3. The molecule has 0 saturated carbocycles. The molecule has 45 heavy (non-hydrogen) atoms. The van der Waals surface area contributed by atoms with Crippen molar-refractivity contribution in [2.24, 2.45) is 11.7 Å². The van der Waals surface area contributed by atoms with Crippen LogP contribution in [0.2, 0.25) is 0 Å². The van der Waals surface area contributed by atoms with Gasteiger partial charge in [-0.05, 0) is 47.2 Å². The Balaban J connectivity index is 1.56. The van der Waals surface area contributed by atoms with Crippen LogP contribution in [-0.4, -0.2) is 68.7 Å². The van der Waals surface area contributed by atoms with Crippen LogP contribution in [0.3, 0.4) is 0 Å². The third kappa shape index (κ3) is 9.09. The molecule has 1 aliphatic rings. The summed E-state index contributed by atoms with van der Waals surface area (Å²) in [7, 11) is -4.34. The van der Waals surface area contributed by atoms with Gasteiger partial charge in [0.05, 0.1) is 11.3 Å². The number of guanidine groups is 1. The molecule has 1 heterocycles. The fourth-order valence-electron chi connectivity index (χ4n) is 5.11. The second kappa shape index (κ2) is 14.8. The lowest BCUT2D eigenvalue weighted by Crippen LogP contribution is -2.51. The lowest BCUT2D eigenvalue weighted by Gasteiger charge is -2.33. The number of fused-ring (bicyclic) bond motifs is 1. The van der Waals surface area contributed by atoms with Crippen molar-refractivity contribution in [3.8, 4) is 0 Å². The molecular formula is C31H36N6O7S. The highest BCUT2D eigenvalue weighted by molar-refractivity contribution is 7.89. The van der Waals surface area contributed by atoms with Gasteiger partial charge in [-0.25, -0.2) is 13.2 Å². The zero-order valence-electron chi connectivity index (χ0n) is 24.7. The summed E-state index contributed by atoms with van der Waals surface area (Å²) in [6.07, 6.45) is 0.985. The summed E-state index contributed by atoms with van der Waals surface area (Å²) in [4.78, 5) is 52.7. The Hall–Kier alpha value is -4.82. The van der Waals surface area contributed by atoms with Gasteiger partial charge in [-0.15, -0.1) is 0 Å². The number of amides is 2. The Kier molecular flexibility index (Phi) is 10.9. The fraction of sp³-hybridized carbons (Fsp3) is 0.323. The predicted molar refractivity (Wildman–Crippen MR) is 166 cm³/mol. The van der Waals surface area contributed by atoms with Crippen LogP contribution >= 0.6 is 0 Å². The van der Waals surface area contributed by atoms with Crippen LogP contribution in [0.15, 0.2) is 77.7 Å². The average Bonchev–Trinajstić information content (AvgIpc) is 3.02. The lowest BCUT2D eigenvalue weighted by atomic mass is 9.98. The van der Waals surface area contributed by atoms with E-state index >= 15 is 0 Å². The topological polar surface area (TPSA) is 201 Å². The predicted octanol–water partition coefficient (Wildman–Crippen LogP) is 1.55. The zero-order chi connectivity index (χ0) is 32.6. The van der Waals surface area contributed by atoms with Crippen LogP contribution in [0, 0.1) is 11.3 Å². The summed E-state index contributed by atoms with van der Waals surface area (Å²) >= 11 is 0. The Morgan fingerprint density at radius 1 is 1.02 bits per heavy atom. The Morgan fingerprint density at radius 3 is 2.40 bits per heavy atom. The van der Waals surface area contributed by atoms with Crippen LogP contribution in [0.5, 0.6) is 0 Å². The molecule has 0 aliphatic carbocycles. The molecule has 0 radical (unpaired) electrons. The van der Waals surface area contributed by atoms with Crippen LogP contribution < -0.4 is 21.1 Å². The second-order valence-corrected chi connectivity index (χ2v) is 12.5. The maximum atomic E-state index is 13.6.